The second kappa shape index (κ2) is 13.4. The summed E-state index contributed by atoms with van der Waals surface area (Å²) in [7, 11) is -2.35. The van der Waals surface area contributed by atoms with Crippen molar-refractivity contribution in [2.45, 2.75) is 25.9 Å². The third kappa shape index (κ3) is 7.69. The highest BCUT2D eigenvalue weighted by molar-refractivity contribution is 7.92. The van der Waals surface area contributed by atoms with Gasteiger partial charge in [-0.2, -0.15) is 0 Å². The van der Waals surface area contributed by atoms with Gasteiger partial charge in [0.2, 0.25) is 21.8 Å². The van der Waals surface area contributed by atoms with E-state index in [0.717, 1.165) is 21.7 Å². The van der Waals surface area contributed by atoms with Crippen molar-refractivity contribution in [1.82, 2.24) is 10.2 Å². The van der Waals surface area contributed by atoms with E-state index in [2.05, 4.69) is 5.32 Å². The highest BCUT2D eigenvalue weighted by atomic mass is 32.2. The van der Waals surface area contributed by atoms with Gasteiger partial charge in [0.25, 0.3) is 0 Å². The van der Waals surface area contributed by atoms with E-state index in [1.165, 1.54) is 4.90 Å². The molecule has 0 fully saturated rings. The van der Waals surface area contributed by atoms with Crippen LogP contribution in [0.2, 0.25) is 0 Å². The lowest BCUT2D eigenvalue weighted by Gasteiger charge is -2.33. The third-order valence-electron chi connectivity index (χ3n) is 6.60. The van der Waals surface area contributed by atoms with E-state index in [0.29, 0.717) is 37.0 Å². The van der Waals surface area contributed by atoms with Gasteiger partial charge in [-0.15, -0.1) is 0 Å². The summed E-state index contributed by atoms with van der Waals surface area (Å²) in [5, 5.41) is 2.84. The number of amides is 2. The van der Waals surface area contributed by atoms with Gasteiger partial charge in [-0.25, -0.2) is 8.42 Å². The van der Waals surface area contributed by atoms with E-state index in [9.17, 15) is 18.0 Å². The number of fused-ring (bicyclic) bond motifs is 1. The summed E-state index contributed by atoms with van der Waals surface area (Å²) in [5.74, 6) is 0.616. The van der Waals surface area contributed by atoms with Crippen LogP contribution in [0.5, 0.6) is 17.2 Å². The minimum absolute atomic E-state index is 0.0589. The lowest BCUT2D eigenvalue weighted by atomic mass is 10.0. The van der Waals surface area contributed by atoms with Crippen molar-refractivity contribution in [3.05, 3.63) is 83.9 Å². The SMILES string of the molecule is CCNC(=O)[C@@H](Cc1ccccc1)N(Cc1cccc(OC)c1)C(=O)CN(c1ccc2c(c1)OCCO2)S(C)(=O)=O. The summed E-state index contributed by atoms with van der Waals surface area (Å²) < 4.78 is 43.5. The second-order valence-electron chi connectivity index (χ2n) is 9.57. The zero-order valence-electron chi connectivity index (χ0n) is 23.4. The molecule has 41 heavy (non-hydrogen) atoms. The number of hydrogen-bond donors (Lipinski definition) is 1. The fourth-order valence-electron chi connectivity index (χ4n) is 4.61. The average molecular weight is 582 g/mol. The Balaban J connectivity index is 1.72. The largest absolute Gasteiger partial charge is 0.497 e. The van der Waals surface area contributed by atoms with Crippen LogP contribution in [0.15, 0.2) is 72.8 Å². The molecular weight excluding hydrogens is 546 g/mol. The molecule has 3 aromatic carbocycles. The molecule has 11 heteroatoms. The Morgan fingerprint density at radius 3 is 2.34 bits per heavy atom. The maximum atomic E-state index is 14.1. The Labute approximate surface area is 240 Å². The molecule has 3 aromatic rings. The summed E-state index contributed by atoms with van der Waals surface area (Å²) in [5.41, 5.74) is 1.84. The van der Waals surface area contributed by atoms with E-state index < -0.39 is 28.5 Å². The number of sulfonamides is 1. The van der Waals surface area contributed by atoms with E-state index in [1.54, 1.807) is 50.4 Å². The van der Waals surface area contributed by atoms with Gasteiger partial charge >= 0.3 is 0 Å². The molecule has 1 N–H and O–H groups in total. The molecule has 0 bridgehead atoms. The third-order valence-corrected chi connectivity index (χ3v) is 7.74. The van der Waals surface area contributed by atoms with Gasteiger partial charge < -0.3 is 24.4 Å². The highest BCUT2D eigenvalue weighted by Crippen LogP contribution is 2.35. The summed E-state index contributed by atoms with van der Waals surface area (Å²) in [6.07, 6.45) is 1.28. The van der Waals surface area contributed by atoms with Gasteiger partial charge in [-0.1, -0.05) is 42.5 Å². The van der Waals surface area contributed by atoms with E-state index in [-0.39, 0.29) is 24.6 Å². The first kappa shape index (κ1) is 29.7. The Morgan fingerprint density at radius 1 is 0.951 bits per heavy atom. The predicted octanol–water partition coefficient (Wildman–Crippen LogP) is 3.01. The van der Waals surface area contributed by atoms with Crippen LogP contribution in [0.25, 0.3) is 0 Å². The van der Waals surface area contributed by atoms with Crippen LogP contribution >= 0.6 is 0 Å². The fraction of sp³-hybridized carbons (Fsp3) is 0.333. The molecule has 0 saturated heterocycles. The molecule has 0 aliphatic carbocycles. The average Bonchev–Trinajstić information content (AvgIpc) is 2.97. The molecule has 0 unspecified atom stereocenters. The first-order valence-electron chi connectivity index (χ1n) is 13.3. The number of carbonyl (C=O) groups excluding carboxylic acids is 2. The molecular formula is C30H35N3O7S. The molecule has 218 valence electrons. The molecule has 0 radical (unpaired) electrons. The monoisotopic (exact) mass is 581 g/mol. The van der Waals surface area contributed by atoms with Crippen molar-refractivity contribution >= 4 is 27.5 Å². The minimum Gasteiger partial charge on any atom is -0.497 e. The van der Waals surface area contributed by atoms with E-state index >= 15 is 0 Å². The highest BCUT2D eigenvalue weighted by Gasteiger charge is 2.33. The zero-order valence-corrected chi connectivity index (χ0v) is 24.2. The Kier molecular flexibility index (Phi) is 9.72. The normalized spacial score (nSPS) is 13.1. The molecule has 2 amide bonds. The number of carbonyl (C=O) groups is 2. The molecule has 1 atom stereocenters. The van der Waals surface area contributed by atoms with Gasteiger partial charge in [-0.3, -0.25) is 13.9 Å². The van der Waals surface area contributed by atoms with Crippen molar-refractivity contribution in [1.29, 1.82) is 0 Å². The van der Waals surface area contributed by atoms with Crippen LogP contribution in [-0.2, 0) is 32.6 Å². The van der Waals surface area contributed by atoms with Crippen LogP contribution in [-0.4, -0.2) is 70.8 Å². The lowest BCUT2D eigenvalue weighted by molar-refractivity contribution is -0.140. The van der Waals surface area contributed by atoms with Gasteiger partial charge in [0, 0.05) is 25.6 Å². The molecule has 1 heterocycles. The number of anilines is 1. The second-order valence-corrected chi connectivity index (χ2v) is 11.5. The summed E-state index contributed by atoms with van der Waals surface area (Å²) in [4.78, 5) is 29.0. The van der Waals surface area contributed by atoms with Crippen LogP contribution in [0.1, 0.15) is 18.1 Å². The van der Waals surface area contributed by atoms with Crippen LogP contribution < -0.4 is 23.8 Å². The van der Waals surface area contributed by atoms with E-state index in [4.69, 9.17) is 14.2 Å². The van der Waals surface area contributed by atoms with Crippen molar-refractivity contribution < 1.29 is 32.2 Å². The smallest absolute Gasteiger partial charge is 0.244 e. The summed E-state index contributed by atoms with van der Waals surface area (Å²) in [6, 6.07) is 20.4. The number of rotatable bonds is 12. The standard InChI is InChI=1S/C30H35N3O7S/c1-4-31-30(35)26(18-22-9-6-5-7-10-22)32(20-23-11-8-12-25(17-23)38-2)29(34)21-33(41(3,36)37)24-13-14-27-28(19-24)40-16-15-39-27/h5-14,17,19,26H,4,15-16,18,20-21H2,1-3H3,(H,31,35)/t26-/m1/s1. The van der Waals surface area contributed by atoms with Gasteiger partial charge in [0.1, 0.15) is 31.5 Å². The van der Waals surface area contributed by atoms with Crippen LogP contribution in [0, 0.1) is 0 Å². The number of nitrogens with one attached hydrogen (secondary N) is 1. The molecule has 1 aliphatic heterocycles. The van der Waals surface area contributed by atoms with Gasteiger partial charge in [-0.05, 0) is 42.3 Å². The van der Waals surface area contributed by atoms with Crippen molar-refractivity contribution in [2.75, 3.05) is 44.0 Å². The molecule has 0 aromatic heterocycles. The number of methoxy groups -OCH3 is 1. The Hall–Kier alpha value is -4.25. The first-order valence-corrected chi connectivity index (χ1v) is 15.2. The van der Waals surface area contributed by atoms with Crippen LogP contribution in [0.3, 0.4) is 0 Å². The quantitative estimate of drug-likeness (QED) is 0.350. The molecule has 0 spiro atoms. The molecule has 10 nitrogen and oxygen atoms in total. The molecule has 0 saturated carbocycles. The van der Waals surface area contributed by atoms with Gasteiger partial charge in [0.05, 0.1) is 19.1 Å². The number of nitrogens with zero attached hydrogens (tertiary/aromatic N) is 2. The summed E-state index contributed by atoms with van der Waals surface area (Å²) >= 11 is 0. The van der Waals surface area contributed by atoms with Crippen LogP contribution in [0.4, 0.5) is 5.69 Å². The van der Waals surface area contributed by atoms with Crippen molar-refractivity contribution in [2.24, 2.45) is 0 Å². The zero-order chi connectivity index (χ0) is 29.4. The molecule has 1 aliphatic rings. The minimum atomic E-state index is -3.90. The van der Waals surface area contributed by atoms with E-state index in [1.807, 2.05) is 36.4 Å². The number of benzene rings is 3. The van der Waals surface area contributed by atoms with Gasteiger partial charge in [0.15, 0.2) is 11.5 Å². The summed E-state index contributed by atoms with van der Waals surface area (Å²) in [6.45, 7) is 2.44. The number of ether oxygens (including phenoxy) is 3. The first-order chi connectivity index (χ1) is 19.7. The number of likely N-dealkylation sites (N-methyl/N-ethyl adjacent to an activating group) is 1. The van der Waals surface area contributed by atoms with Crippen molar-refractivity contribution in [3.63, 3.8) is 0 Å². The topological polar surface area (TPSA) is 114 Å². The maximum Gasteiger partial charge on any atom is 0.244 e. The number of hydrogen-bond acceptors (Lipinski definition) is 7. The lowest BCUT2D eigenvalue weighted by Crippen LogP contribution is -2.53. The fourth-order valence-corrected chi connectivity index (χ4v) is 5.46. The Bertz CT molecular complexity index is 1460. The Morgan fingerprint density at radius 2 is 1.66 bits per heavy atom. The maximum absolute atomic E-state index is 14.1. The predicted molar refractivity (Wildman–Crippen MR) is 156 cm³/mol. The molecule has 4 rings (SSSR count). The van der Waals surface area contributed by atoms with Crippen molar-refractivity contribution in [3.8, 4) is 17.2 Å².